The largest absolute Gasteiger partial charge is 0.483 e. The highest BCUT2D eigenvalue weighted by Crippen LogP contribution is 2.31. The van der Waals surface area contributed by atoms with E-state index < -0.39 is 0 Å². The van der Waals surface area contributed by atoms with Crippen LogP contribution in [0.25, 0.3) is 0 Å². The molecule has 2 nitrogen and oxygen atoms in total. The molecule has 0 aromatic carbocycles. The number of carbonyl (C=O) groups is 1. The van der Waals surface area contributed by atoms with Crippen molar-refractivity contribution in [3.63, 3.8) is 0 Å². The van der Waals surface area contributed by atoms with Crippen LogP contribution in [0.3, 0.4) is 0 Å². The van der Waals surface area contributed by atoms with E-state index in [1.165, 1.54) is 5.57 Å². The summed E-state index contributed by atoms with van der Waals surface area (Å²) in [5, 5.41) is 0. The Kier molecular flexibility index (Phi) is 3.24. The molecule has 0 amide bonds. The van der Waals surface area contributed by atoms with Crippen LogP contribution in [0.1, 0.15) is 45.4 Å². The highest BCUT2D eigenvalue weighted by Gasteiger charge is 2.26. The smallest absolute Gasteiger partial charge is 0.173 e. The molecule has 2 rings (SSSR count). The lowest BCUT2D eigenvalue weighted by molar-refractivity contribution is -0.129. The minimum atomic E-state index is -0.175. The van der Waals surface area contributed by atoms with Gasteiger partial charge in [0.25, 0.3) is 0 Å². The third-order valence-electron chi connectivity index (χ3n) is 3.06. The first-order chi connectivity index (χ1) is 7.31. The highest BCUT2D eigenvalue weighted by atomic mass is 16.5. The Labute approximate surface area is 91.0 Å². The predicted molar refractivity (Wildman–Crippen MR) is 59.4 cm³/mol. The lowest BCUT2D eigenvalue weighted by Gasteiger charge is -2.28. The fourth-order valence-corrected chi connectivity index (χ4v) is 2.21. The summed E-state index contributed by atoms with van der Waals surface area (Å²) in [7, 11) is 0. The number of ether oxygens (including phenoxy) is 1. The van der Waals surface area contributed by atoms with E-state index in [2.05, 4.69) is 6.08 Å². The lowest BCUT2D eigenvalue weighted by atomic mass is 9.93. The molecule has 82 valence electrons. The van der Waals surface area contributed by atoms with Crippen LogP contribution in [0.2, 0.25) is 0 Å². The molecule has 1 aliphatic heterocycles. The van der Waals surface area contributed by atoms with Crippen LogP contribution in [0, 0.1) is 0 Å². The summed E-state index contributed by atoms with van der Waals surface area (Å²) < 4.78 is 5.75. The molecule has 0 aromatic rings. The first-order valence-corrected chi connectivity index (χ1v) is 5.89. The maximum Gasteiger partial charge on any atom is 0.173 e. The Morgan fingerprint density at radius 2 is 2.40 bits per heavy atom. The summed E-state index contributed by atoms with van der Waals surface area (Å²) in [6, 6.07) is 0. The third kappa shape index (κ3) is 2.31. The van der Waals surface area contributed by atoms with Gasteiger partial charge < -0.3 is 4.74 Å². The van der Waals surface area contributed by atoms with E-state index >= 15 is 0 Å². The second-order valence-electron chi connectivity index (χ2n) is 4.27. The highest BCUT2D eigenvalue weighted by molar-refractivity contribution is 5.83. The molecular formula is C13H18O2. The number of allylic oxidation sites excluding steroid dienone is 3. The van der Waals surface area contributed by atoms with Crippen molar-refractivity contribution in [1.29, 1.82) is 0 Å². The fraction of sp³-hybridized carbons (Fsp3) is 0.615. The van der Waals surface area contributed by atoms with Gasteiger partial charge in [-0.15, -0.1) is 0 Å². The van der Waals surface area contributed by atoms with Crippen molar-refractivity contribution in [2.45, 2.75) is 51.6 Å². The molecule has 1 aliphatic carbocycles. The molecule has 15 heavy (non-hydrogen) atoms. The van der Waals surface area contributed by atoms with Crippen molar-refractivity contribution >= 4 is 5.78 Å². The molecule has 1 atom stereocenters. The summed E-state index contributed by atoms with van der Waals surface area (Å²) in [6.07, 6.45) is 9.71. The van der Waals surface area contributed by atoms with E-state index in [0.29, 0.717) is 6.42 Å². The lowest BCUT2D eigenvalue weighted by Crippen LogP contribution is -2.27. The van der Waals surface area contributed by atoms with Gasteiger partial charge in [0.15, 0.2) is 11.9 Å². The van der Waals surface area contributed by atoms with Crippen LogP contribution in [0.5, 0.6) is 0 Å². The SMILES string of the molecule is CCCC(=O)C1CCC2=C(C=CCC2)O1. The quantitative estimate of drug-likeness (QED) is 0.709. The molecule has 0 spiro atoms. The molecule has 0 saturated carbocycles. The summed E-state index contributed by atoms with van der Waals surface area (Å²) >= 11 is 0. The van der Waals surface area contributed by atoms with E-state index in [1.54, 1.807) is 0 Å². The van der Waals surface area contributed by atoms with E-state index in [9.17, 15) is 4.79 Å². The van der Waals surface area contributed by atoms with E-state index in [-0.39, 0.29) is 11.9 Å². The molecule has 0 saturated heterocycles. The summed E-state index contributed by atoms with van der Waals surface area (Å²) in [5.41, 5.74) is 1.40. The Balaban J connectivity index is 2.01. The van der Waals surface area contributed by atoms with Crippen molar-refractivity contribution in [1.82, 2.24) is 0 Å². The normalized spacial score (nSPS) is 24.7. The zero-order chi connectivity index (χ0) is 10.7. The predicted octanol–water partition coefficient (Wildman–Crippen LogP) is 3.14. The first-order valence-electron chi connectivity index (χ1n) is 5.89. The van der Waals surface area contributed by atoms with Gasteiger partial charge in [0, 0.05) is 6.42 Å². The Hall–Kier alpha value is -1.05. The minimum absolute atomic E-state index is 0.175. The average Bonchev–Trinajstić information content (AvgIpc) is 2.29. The second-order valence-corrected chi connectivity index (χ2v) is 4.27. The van der Waals surface area contributed by atoms with Crippen molar-refractivity contribution in [2.75, 3.05) is 0 Å². The Bertz CT molecular complexity index is 312. The number of Topliss-reactive ketones (excluding diaryl/α,β-unsaturated/α-hetero) is 1. The minimum Gasteiger partial charge on any atom is -0.483 e. The molecule has 1 unspecified atom stereocenters. The van der Waals surface area contributed by atoms with Crippen LogP contribution < -0.4 is 0 Å². The molecule has 1 heterocycles. The fourth-order valence-electron chi connectivity index (χ4n) is 2.21. The number of ketones is 1. The molecule has 0 aromatic heterocycles. The summed E-state index contributed by atoms with van der Waals surface area (Å²) in [5.74, 6) is 1.24. The topological polar surface area (TPSA) is 26.3 Å². The van der Waals surface area contributed by atoms with Crippen LogP contribution in [0.4, 0.5) is 0 Å². The van der Waals surface area contributed by atoms with Crippen molar-refractivity contribution in [3.05, 3.63) is 23.5 Å². The number of carbonyl (C=O) groups excluding carboxylic acids is 1. The molecule has 0 radical (unpaired) electrons. The summed E-state index contributed by atoms with van der Waals surface area (Å²) in [6.45, 7) is 2.03. The number of rotatable bonds is 3. The van der Waals surface area contributed by atoms with Gasteiger partial charge in [-0.3, -0.25) is 4.79 Å². The van der Waals surface area contributed by atoms with Gasteiger partial charge in [-0.1, -0.05) is 13.0 Å². The molecule has 0 fully saturated rings. The zero-order valence-electron chi connectivity index (χ0n) is 9.29. The van der Waals surface area contributed by atoms with Gasteiger partial charge >= 0.3 is 0 Å². The maximum atomic E-state index is 11.7. The van der Waals surface area contributed by atoms with Crippen LogP contribution in [-0.2, 0) is 9.53 Å². The van der Waals surface area contributed by atoms with Crippen LogP contribution in [0.15, 0.2) is 23.5 Å². The second kappa shape index (κ2) is 4.65. The van der Waals surface area contributed by atoms with Gasteiger partial charge in [-0.25, -0.2) is 0 Å². The van der Waals surface area contributed by atoms with Crippen molar-refractivity contribution in [3.8, 4) is 0 Å². The number of hydrogen-bond acceptors (Lipinski definition) is 2. The van der Waals surface area contributed by atoms with Crippen molar-refractivity contribution < 1.29 is 9.53 Å². The summed E-state index contributed by atoms with van der Waals surface area (Å²) in [4.78, 5) is 11.7. The number of hydrogen-bond donors (Lipinski definition) is 0. The van der Waals surface area contributed by atoms with Gasteiger partial charge in [0.1, 0.15) is 5.76 Å². The molecular weight excluding hydrogens is 188 g/mol. The van der Waals surface area contributed by atoms with Gasteiger partial charge in [-0.05, 0) is 43.8 Å². The third-order valence-corrected chi connectivity index (χ3v) is 3.06. The van der Waals surface area contributed by atoms with E-state index in [4.69, 9.17) is 4.74 Å². The van der Waals surface area contributed by atoms with Crippen molar-refractivity contribution in [2.24, 2.45) is 0 Å². The van der Waals surface area contributed by atoms with Crippen LogP contribution in [-0.4, -0.2) is 11.9 Å². The first kappa shape index (κ1) is 10.5. The standard InChI is InChI=1S/C13H18O2/c1-2-5-11(14)13-9-8-10-6-3-4-7-12(10)15-13/h4,7,13H,2-3,5-6,8-9H2,1H3. The Morgan fingerprint density at radius 3 is 3.20 bits per heavy atom. The average molecular weight is 206 g/mol. The molecule has 2 heteroatoms. The molecule has 2 aliphatic rings. The van der Waals surface area contributed by atoms with E-state index in [1.807, 2.05) is 13.0 Å². The Morgan fingerprint density at radius 1 is 1.53 bits per heavy atom. The van der Waals surface area contributed by atoms with E-state index in [0.717, 1.165) is 37.9 Å². The molecule has 0 N–H and O–H groups in total. The van der Waals surface area contributed by atoms with Gasteiger partial charge in [0.2, 0.25) is 0 Å². The van der Waals surface area contributed by atoms with Gasteiger partial charge in [-0.2, -0.15) is 0 Å². The van der Waals surface area contributed by atoms with Gasteiger partial charge in [0.05, 0.1) is 0 Å². The monoisotopic (exact) mass is 206 g/mol. The molecule has 0 bridgehead atoms. The maximum absolute atomic E-state index is 11.7. The van der Waals surface area contributed by atoms with Crippen LogP contribution >= 0.6 is 0 Å². The zero-order valence-corrected chi connectivity index (χ0v) is 9.29.